The lowest BCUT2D eigenvalue weighted by Gasteiger charge is -2.20. The van der Waals surface area contributed by atoms with Crippen molar-refractivity contribution in [3.05, 3.63) is 0 Å². The van der Waals surface area contributed by atoms with E-state index in [-0.39, 0.29) is 19.6 Å². The number of carbonyl (C=O) groups excluding carboxylic acids is 2. The van der Waals surface area contributed by atoms with Gasteiger partial charge in [-0.1, -0.05) is 0 Å². The SMILES string of the molecule is NCCNC(=O)C(=O)N(CCO)CC(F)F. The molecule has 0 aliphatic rings. The summed E-state index contributed by atoms with van der Waals surface area (Å²) in [4.78, 5) is 23.0. The maximum atomic E-state index is 12.1. The van der Waals surface area contributed by atoms with Crippen LogP contribution in [0.4, 0.5) is 8.78 Å². The van der Waals surface area contributed by atoms with Crippen molar-refractivity contribution < 1.29 is 23.5 Å². The largest absolute Gasteiger partial charge is 0.395 e. The zero-order valence-corrected chi connectivity index (χ0v) is 8.66. The van der Waals surface area contributed by atoms with Crippen LogP contribution in [-0.4, -0.2) is 61.0 Å². The maximum absolute atomic E-state index is 12.1. The van der Waals surface area contributed by atoms with Crippen molar-refractivity contribution in [1.29, 1.82) is 0 Å². The van der Waals surface area contributed by atoms with Crippen LogP contribution in [0.5, 0.6) is 0 Å². The third kappa shape index (κ3) is 5.56. The van der Waals surface area contributed by atoms with Crippen LogP contribution in [0.2, 0.25) is 0 Å². The number of halogens is 2. The van der Waals surface area contributed by atoms with Gasteiger partial charge in [0.2, 0.25) is 0 Å². The molecule has 16 heavy (non-hydrogen) atoms. The van der Waals surface area contributed by atoms with Crippen LogP contribution in [0, 0.1) is 0 Å². The molecule has 0 saturated heterocycles. The third-order valence-electron chi connectivity index (χ3n) is 1.64. The van der Waals surface area contributed by atoms with Crippen molar-refractivity contribution in [2.75, 3.05) is 32.8 Å². The predicted octanol–water partition coefficient (Wildman–Crippen LogP) is -1.85. The van der Waals surface area contributed by atoms with Gasteiger partial charge in [0, 0.05) is 19.6 Å². The summed E-state index contributed by atoms with van der Waals surface area (Å²) in [7, 11) is 0. The summed E-state index contributed by atoms with van der Waals surface area (Å²) in [5.41, 5.74) is 5.09. The summed E-state index contributed by atoms with van der Waals surface area (Å²) in [5.74, 6) is -2.10. The average molecular weight is 239 g/mol. The van der Waals surface area contributed by atoms with Gasteiger partial charge in [0.1, 0.15) is 0 Å². The molecule has 0 radical (unpaired) electrons. The van der Waals surface area contributed by atoms with Crippen LogP contribution >= 0.6 is 0 Å². The lowest BCUT2D eigenvalue weighted by Crippen LogP contribution is -2.46. The lowest BCUT2D eigenvalue weighted by atomic mass is 10.4. The predicted molar refractivity (Wildman–Crippen MR) is 51.7 cm³/mol. The molecule has 8 heteroatoms. The Bertz CT molecular complexity index is 239. The standard InChI is InChI=1S/C8H15F2N3O3/c9-6(10)5-13(3-4-14)8(16)7(15)12-2-1-11/h6,14H,1-5,11H2,(H,12,15). The highest BCUT2D eigenvalue weighted by atomic mass is 19.3. The minimum atomic E-state index is -2.75. The molecule has 0 aromatic carbocycles. The number of aliphatic hydroxyl groups is 1. The van der Waals surface area contributed by atoms with Gasteiger partial charge in [-0.25, -0.2) is 8.78 Å². The molecular formula is C8H15F2N3O3. The number of amides is 2. The topological polar surface area (TPSA) is 95.7 Å². The van der Waals surface area contributed by atoms with E-state index in [2.05, 4.69) is 5.32 Å². The number of nitrogens with two attached hydrogens (primary N) is 1. The molecule has 0 aromatic heterocycles. The van der Waals surface area contributed by atoms with Crippen molar-refractivity contribution in [2.24, 2.45) is 5.73 Å². The fraction of sp³-hybridized carbons (Fsp3) is 0.750. The first-order valence-electron chi connectivity index (χ1n) is 4.69. The molecule has 0 saturated carbocycles. The third-order valence-corrected chi connectivity index (χ3v) is 1.64. The van der Waals surface area contributed by atoms with Crippen LogP contribution in [-0.2, 0) is 9.59 Å². The number of aliphatic hydroxyl groups excluding tert-OH is 1. The Morgan fingerprint density at radius 3 is 2.50 bits per heavy atom. The van der Waals surface area contributed by atoms with E-state index >= 15 is 0 Å². The number of alkyl halides is 2. The van der Waals surface area contributed by atoms with Gasteiger partial charge in [0.15, 0.2) is 0 Å². The van der Waals surface area contributed by atoms with E-state index in [1.807, 2.05) is 0 Å². The average Bonchev–Trinajstić information content (AvgIpc) is 2.23. The molecule has 4 N–H and O–H groups in total. The summed E-state index contributed by atoms with van der Waals surface area (Å²) in [6.45, 7) is -1.43. The van der Waals surface area contributed by atoms with E-state index in [1.54, 1.807) is 0 Å². The van der Waals surface area contributed by atoms with Gasteiger partial charge in [-0.05, 0) is 0 Å². The molecule has 0 spiro atoms. The monoisotopic (exact) mass is 239 g/mol. The lowest BCUT2D eigenvalue weighted by molar-refractivity contribution is -0.147. The smallest absolute Gasteiger partial charge is 0.312 e. The maximum Gasteiger partial charge on any atom is 0.312 e. The molecule has 0 aliphatic carbocycles. The highest BCUT2D eigenvalue weighted by molar-refractivity contribution is 6.35. The zero-order chi connectivity index (χ0) is 12.6. The Hall–Kier alpha value is -1.28. The zero-order valence-electron chi connectivity index (χ0n) is 8.66. The van der Waals surface area contributed by atoms with E-state index in [0.717, 1.165) is 0 Å². The summed E-state index contributed by atoms with van der Waals surface area (Å²) < 4.78 is 24.1. The molecule has 0 fully saturated rings. The highest BCUT2D eigenvalue weighted by Gasteiger charge is 2.23. The fourth-order valence-electron chi connectivity index (χ4n) is 0.968. The van der Waals surface area contributed by atoms with Gasteiger partial charge in [0.25, 0.3) is 6.43 Å². The molecule has 0 heterocycles. The number of rotatable bonds is 6. The first kappa shape index (κ1) is 14.7. The minimum Gasteiger partial charge on any atom is -0.395 e. The molecule has 0 atom stereocenters. The van der Waals surface area contributed by atoms with E-state index in [0.29, 0.717) is 4.90 Å². The van der Waals surface area contributed by atoms with Crippen LogP contribution in [0.3, 0.4) is 0 Å². The van der Waals surface area contributed by atoms with Gasteiger partial charge in [-0.2, -0.15) is 0 Å². The number of carbonyl (C=O) groups is 2. The second kappa shape index (κ2) is 7.94. The quantitative estimate of drug-likeness (QED) is 0.474. The Labute approximate surface area is 91.4 Å². The first-order chi connectivity index (χ1) is 7.52. The van der Waals surface area contributed by atoms with Crippen molar-refractivity contribution in [1.82, 2.24) is 10.2 Å². The molecule has 6 nitrogen and oxygen atoms in total. The summed E-state index contributed by atoms with van der Waals surface area (Å²) in [6, 6.07) is 0. The van der Waals surface area contributed by atoms with Gasteiger partial charge in [-0.15, -0.1) is 0 Å². The summed E-state index contributed by atoms with van der Waals surface area (Å²) in [6.07, 6.45) is -2.75. The first-order valence-corrected chi connectivity index (χ1v) is 4.69. The Balaban J connectivity index is 4.29. The van der Waals surface area contributed by atoms with E-state index in [1.165, 1.54) is 0 Å². The van der Waals surface area contributed by atoms with Gasteiger partial charge < -0.3 is 21.1 Å². The molecule has 2 amide bonds. The van der Waals surface area contributed by atoms with Crippen molar-refractivity contribution in [3.8, 4) is 0 Å². The van der Waals surface area contributed by atoms with Crippen molar-refractivity contribution >= 4 is 11.8 Å². The van der Waals surface area contributed by atoms with E-state index < -0.39 is 31.4 Å². The van der Waals surface area contributed by atoms with E-state index in [9.17, 15) is 18.4 Å². The Morgan fingerprint density at radius 2 is 2.06 bits per heavy atom. The molecule has 0 aromatic rings. The van der Waals surface area contributed by atoms with Gasteiger partial charge in [-0.3, -0.25) is 9.59 Å². The number of nitrogens with one attached hydrogen (secondary N) is 1. The highest BCUT2D eigenvalue weighted by Crippen LogP contribution is 1.98. The van der Waals surface area contributed by atoms with Crippen molar-refractivity contribution in [2.45, 2.75) is 6.43 Å². The fourth-order valence-corrected chi connectivity index (χ4v) is 0.968. The Kier molecular flexibility index (Phi) is 7.31. The Morgan fingerprint density at radius 1 is 1.44 bits per heavy atom. The van der Waals surface area contributed by atoms with Crippen LogP contribution in [0.15, 0.2) is 0 Å². The van der Waals surface area contributed by atoms with Gasteiger partial charge in [0.05, 0.1) is 13.2 Å². The van der Waals surface area contributed by atoms with Crippen LogP contribution < -0.4 is 11.1 Å². The second-order valence-corrected chi connectivity index (χ2v) is 2.91. The van der Waals surface area contributed by atoms with Gasteiger partial charge >= 0.3 is 11.8 Å². The molecule has 0 aliphatic heterocycles. The van der Waals surface area contributed by atoms with Crippen LogP contribution in [0.25, 0.3) is 0 Å². The molecular weight excluding hydrogens is 224 g/mol. The normalized spacial score (nSPS) is 10.3. The molecule has 0 bridgehead atoms. The molecule has 94 valence electrons. The minimum absolute atomic E-state index is 0.0895. The number of nitrogens with zero attached hydrogens (tertiary/aromatic N) is 1. The summed E-state index contributed by atoms with van der Waals surface area (Å²) >= 11 is 0. The molecule has 0 rings (SSSR count). The second-order valence-electron chi connectivity index (χ2n) is 2.91. The molecule has 0 unspecified atom stereocenters. The van der Waals surface area contributed by atoms with Crippen LogP contribution in [0.1, 0.15) is 0 Å². The number of hydrogen-bond acceptors (Lipinski definition) is 4. The van der Waals surface area contributed by atoms with E-state index in [4.69, 9.17) is 10.8 Å². The number of hydrogen-bond donors (Lipinski definition) is 3. The van der Waals surface area contributed by atoms with Crippen molar-refractivity contribution in [3.63, 3.8) is 0 Å². The summed E-state index contributed by atoms with van der Waals surface area (Å²) in [5, 5.41) is 10.7.